The Morgan fingerprint density at radius 2 is 1.86 bits per heavy atom. The van der Waals surface area contributed by atoms with E-state index in [2.05, 4.69) is 15.0 Å². The number of hydrogen-bond donors (Lipinski definition) is 1. The predicted molar refractivity (Wildman–Crippen MR) is 105 cm³/mol. The van der Waals surface area contributed by atoms with Crippen LogP contribution >= 0.6 is 0 Å². The van der Waals surface area contributed by atoms with Gasteiger partial charge in [-0.25, -0.2) is 9.37 Å². The van der Waals surface area contributed by atoms with Crippen LogP contribution in [0.15, 0.2) is 41.3 Å². The Hall–Kier alpha value is -3.48. The number of pyridine rings is 1. The lowest BCUT2D eigenvalue weighted by molar-refractivity contribution is 0.355. The average molecular weight is 379 g/mol. The number of aromatic amines is 1. The summed E-state index contributed by atoms with van der Waals surface area (Å²) in [7, 11) is 3.04. The first-order chi connectivity index (χ1) is 13.5. The molecule has 0 aliphatic rings. The van der Waals surface area contributed by atoms with Crippen LogP contribution in [-0.2, 0) is 6.42 Å². The van der Waals surface area contributed by atoms with Crippen molar-refractivity contribution in [2.75, 3.05) is 14.2 Å². The highest BCUT2D eigenvalue weighted by atomic mass is 19.1. The number of hydrogen-bond acceptors (Lipinski definition) is 5. The van der Waals surface area contributed by atoms with Crippen LogP contribution in [0.4, 0.5) is 4.39 Å². The highest BCUT2D eigenvalue weighted by Crippen LogP contribution is 2.30. The third-order valence-electron chi connectivity index (χ3n) is 4.73. The number of nitrogens with one attached hydrogen (secondary N) is 1. The largest absolute Gasteiger partial charge is 0.493 e. The molecule has 0 aliphatic carbocycles. The van der Waals surface area contributed by atoms with Crippen LogP contribution in [0.5, 0.6) is 11.5 Å². The van der Waals surface area contributed by atoms with Crippen molar-refractivity contribution in [3.05, 3.63) is 69.7 Å². The molecule has 0 atom stereocenters. The molecule has 4 rings (SSSR count). The van der Waals surface area contributed by atoms with Gasteiger partial charge in [-0.3, -0.25) is 9.78 Å². The topological polar surface area (TPSA) is 77.1 Å². The van der Waals surface area contributed by atoms with Crippen molar-refractivity contribution in [3.8, 4) is 11.5 Å². The summed E-state index contributed by atoms with van der Waals surface area (Å²) in [6, 6.07) is 8.34. The van der Waals surface area contributed by atoms with E-state index in [9.17, 15) is 9.18 Å². The highest BCUT2D eigenvalue weighted by Gasteiger charge is 2.12. The van der Waals surface area contributed by atoms with E-state index in [1.54, 1.807) is 31.3 Å². The van der Waals surface area contributed by atoms with E-state index in [1.165, 1.54) is 20.3 Å². The zero-order valence-corrected chi connectivity index (χ0v) is 15.7. The first-order valence-electron chi connectivity index (χ1n) is 8.69. The summed E-state index contributed by atoms with van der Waals surface area (Å²) >= 11 is 0. The second-order valence-corrected chi connectivity index (χ2v) is 6.50. The van der Waals surface area contributed by atoms with Gasteiger partial charge in [-0.2, -0.15) is 0 Å². The summed E-state index contributed by atoms with van der Waals surface area (Å²) in [5.74, 6) is 1.20. The van der Waals surface area contributed by atoms with E-state index < -0.39 is 0 Å². The molecule has 2 aromatic carbocycles. The van der Waals surface area contributed by atoms with Gasteiger partial charge >= 0.3 is 0 Å². The lowest BCUT2D eigenvalue weighted by Crippen LogP contribution is -2.12. The molecule has 0 spiro atoms. The molecule has 0 radical (unpaired) electrons. The molecule has 2 aromatic heterocycles. The van der Waals surface area contributed by atoms with Crippen LogP contribution in [0, 0.1) is 12.7 Å². The molecule has 0 aliphatic heterocycles. The van der Waals surface area contributed by atoms with Gasteiger partial charge in [-0.1, -0.05) is 0 Å². The SMILES string of the molecule is COc1cc2nc(Cc3cnc4c(C)c(F)ccc4c3)[nH]c(=O)c2cc1OC. The maximum absolute atomic E-state index is 13.7. The lowest BCUT2D eigenvalue weighted by atomic mass is 10.1. The van der Waals surface area contributed by atoms with Gasteiger partial charge in [-0.05, 0) is 36.8 Å². The van der Waals surface area contributed by atoms with Crippen LogP contribution in [0.2, 0.25) is 0 Å². The first-order valence-corrected chi connectivity index (χ1v) is 8.69. The molecule has 0 unspecified atom stereocenters. The van der Waals surface area contributed by atoms with Crippen molar-refractivity contribution in [3.63, 3.8) is 0 Å². The number of H-pyrrole nitrogens is 1. The Morgan fingerprint density at radius 1 is 1.11 bits per heavy atom. The second-order valence-electron chi connectivity index (χ2n) is 6.50. The maximum Gasteiger partial charge on any atom is 0.258 e. The Kier molecular flexibility index (Phi) is 4.43. The summed E-state index contributed by atoms with van der Waals surface area (Å²) in [6.45, 7) is 1.70. The maximum atomic E-state index is 13.7. The Morgan fingerprint density at radius 3 is 2.61 bits per heavy atom. The van der Waals surface area contributed by atoms with Gasteiger partial charge in [0.2, 0.25) is 0 Å². The summed E-state index contributed by atoms with van der Waals surface area (Å²) < 4.78 is 24.2. The highest BCUT2D eigenvalue weighted by molar-refractivity contribution is 5.83. The summed E-state index contributed by atoms with van der Waals surface area (Å²) in [4.78, 5) is 24.2. The van der Waals surface area contributed by atoms with Crippen molar-refractivity contribution in [2.24, 2.45) is 0 Å². The zero-order chi connectivity index (χ0) is 19.8. The van der Waals surface area contributed by atoms with Crippen molar-refractivity contribution in [2.45, 2.75) is 13.3 Å². The van der Waals surface area contributed by atoms with Crippen molar-refractivity contribution >= 4 is 21.8 Å². The number of rotatable bonds is 4. The van der Waals surface area contributed by atoms with E-state index in [4.69, 9.17) is 9.47 Å². The summed E-state index contributed by atoms with van der Waals surface area (Å²) in [5, 5.41) is 1.26. The van der Waals surface area contributed by atoms with Crippen LogP contribution in [0.25, 0.3) is 21.8 Å². The molecule has 0 saturated carbocycles. The smallest absolute Gasteiger partial charge is 0.258 e. The molecule has 0 saturated heterocycles. The zero-order valence-electron chi connectivity index (χ0n) is 15.7. The average Bonchev–Trinajstić information content (AvgIpc) is 2.70. The number of aryl methyl sites for hydroxylation is 1. The second kappa shape index (κ2) is 6.92. The molecular weight excluding hydrogens is 361 g/mol. The van der Waals surface area contributed by atoms with Crippen molar-refractivity contribution in [1.82, 2.24) is 15.0 Å². The minimum absolute atomic E-state index is 0.257. The lowest BCUT2D eigenvalue weighted by Gasteiger charge is -2.10. The van der Waals surface area contributed by atoms with Crippen LogP contribution < -0.4 is 15.0 Å². The third kappa shape index (κ3) is 3.05. The number of fused-ring (bicyclic) bond motifs is 2. The third-order valence-corrected chi connectivity index (χ3v) is 4.73. The fourth-order valence-corrected chi connectivity index (χ4v) is 3.26. The molecule has 0 bridgehead atoms. The van der Waals surface area contributed by atoms with Gasteiger partial charge in [0, 0.05) is 29.6 Å². The van der Waals surface area contributed by atoms with Gasteiger partial charge in [-0.15, -0.1) is 0 Å². The number of ether oxygens (including phenoxy) is 2. The van der Waals surface area contributed by atoms with Gasteiger partial charge in [0.15, 0.2) is 11.5 Å². The number of halogens is 1. The van der Waals surface area contributed by atoms with Crippen LogP contribution in [-0.4, -0.2) is 29.2 Å². The molecule has 0 fully saturated rings. The molecule has 0 amide bonds. The van der Waals surface area contributed by atoms with Gasteiger partial charge in [0.05, 0.1) is 30.6 Å². The van der Waals surface area contributed by atoms with E-state index >= 15 is 0 Å². The van der Waals surface area contributed by atoms with Crippen molar-refractivity contribution < 1.29 is 13.9 Å². The van der Waals surface area contributed by atoms with Gasteiger partial charge in [0.25, 0.3) is 5.56 Å². The summed E-state index contributed by atoms with van der Waals surface area (Å²) in [5.41, 5.74) is 2.26. The molecule has 28 heavy (non-hydrogen) atoms. The Balaban J connectivity index is 1.76. The van der Waals surface area contributed by atoms with Crippen LogP contribution in [0.3, 0.4) is 0 Å². The molecular formula is C21H18FN3O3. The minimum atomic E-state index is -0.280. The fraction of sp³-hybridized carbons (Fsp3) is 0.190. The Labute approximate surface area is 160 Å². The Bertz CT molecular complexity index is 1270. The van der Waals surface area contributed by atoms with E-state index in [-0.39, 0.29) is 11.4 Å². The minimum Gasteiger partial charge on any atom is -0.493 e. The number of methoxy groups -OCH3 is 2. The van der Waals surface area contributed by atoms with Gasteiger partial charge < -0.3 is 14.5 Å². The van der Waals surface area contributed by atoms with E-state index in [1.807, 2.05) is 6.07 Å². The summed E-state index contributed by atoms with van der Waals surface area (Å²) in [6.07, 6.45) is 2.06. The normalized spacial score (nSPS) is 11.1. The molecule has 2 heterocycles. The monoisotopic (exact) mass is 379 g/mol. The van der Waals surface area contributed by atoms with Gasteiger partial charge in [0.1, 0.15) is 11.6 Å². The molecule has 7 heteroatoms. The number of aromatic nitrogens is 3. The fourth-order valence-electron chi connectivity index (χ4n) is 3.26. The predicted octanol–water partition coefficient (Wildman–Crippen LogP) is 3.53. The molecule has 6 nitrogen and oxygen atoms in total. The molecule has 142 valence electrons. The van der Waals surface area contributed by atoms with E-state index in [0.29, 0.717) is 45.7 Å². The number of benzene rings is 2. The number of nitrogens with zero attached hydrogens (tertiary/aromatic N) is 2. The molecule has 1 N–H and O–H groups in total. The van der Waals surface area contributed by atoms with Crippen LogP contribution in [0.1, 0.15) is 17.0 Å². The van der Waals surface area contributed by atoms with Crippen molar-refractivity contribution in [1.29, 1.82) is 0 Å². The first kappa shape index (κ1) is 17.9. The molecule has 4 aromatic rings. The quantitative estimate of drug-likeness (QED) is 0.587. The van der Waals surface area contributed by atoms with E-state index in [0.717, 1.165) is 10.9 Å². The standard InChI is InChI=1S/C21H18FN3O3/c1-11-15(22)5-4-13-6-12(10-23-20(11)13)7-19-24-16-9-18(28-3)17(27-2)8-14(16)21(26)25-19/h4-6,8-10H,7H2,1-3H3,(H,24,25,26).